The van der Waals surface area contributed by atoms with Gasteiger partial charge in [-0.05, 0) is 27.2 Å². The first-order valence-electron chi connectivity index (χ1n) is 7.23. The van der Waals surface area contributed by atoms with Gasteiger partial charge < -0.3 is 9.88 Å². The number of nitrogens with zero attached hydrogens (tertiary/aromatic N) is 3. The Morgan fingerprint density at radius 3 is 2.90 bits per heavy atom. The van der Waals surface area contributed by atoms with E-state index in [-0.39, 0.29) is 11.9 Å². The molecular weight excluding hydrogens is 284 g/mol. The van der Waals surface area contributed by atoms with Crippen molar-refractivity contribution in [2.24, 2.45) is 0 Å². The first kappa shape index (κ1) is 15.7. The quantitative estimate of drug-likeness (QED) is 0.800. The summed E-state index contributed by atoms with van der Waals surface area (Å²) in [5.74, 6) is 1.03. The molecule has 0 bridgehead atoms. The number of aryl methyl sites for hydroxylation is 3. The summed E-state index contributed by atoms with van der Waals surface area (Å²) in [6.07, 6.45) is 6.01. The van der Waals surface area contributed by atoms with Crippen LogP contribution in [0.1, 0.15) is 42.3 Å². The van der Waals surface area contributed by atoms with Crippen LogP contribution in [0.3, 0.4) is 0 Å². The maximum Gasteiger partial charge on any atom is 0.222 e. The van der Waals surface area contributed by atoms with Crippen molar-refractivity contribution in [1.82, 2.24) is 19.9 Å². The summed E-state index contributed by atoms with van der Waals surface area (Å²) < 4.78 is 2.03. The molecule has 0 aromatic carbocycles. The van der Waals surface area contributed by atoms with Crippen LogP contribution in [0.4, 0.5) is 0 Å². The van der Waals surface area contributed by atoms with E-state index in [0.717, 1.165) is 29.4 Å². The highest BCUT2D eigenvalue weighted by Gasteiger charge is 2.11. The molecule has 6 heteroatoms. The molecule has 0 aliphatic heterocycles. The molecular formula is C15H22N4OS. The number of imidazole rings is 1. The number of hydrogen-bond acceptors (Lipinski definition) is 4. The van der Waals surface area contributed by atoms with Gasteiger partial charge in [-0.3, -0.25) is 4.79 Å². The molecule has 5 nitrogen and oxygen atoms in total. The highest BCUT2D eigenvalue weighted by Crippen LogP contribution is 2.13. The van der Waals surface area contributed by atoms with E-state index in [1.165, 1.54) is 0 Å². The second-order valence-electron chi connectivity index (χ2n) is 5.27. The van der Waals surface area contributed by atoms with Gasteiger partial charge in [0, 0.05) is 48.9 Å². The minimum atomic E-state index is 0.0888. The van der Waals surface area contributed by atoms with Crippen molar-refractivity contribution in [3.63, 3.8) is 0 Å². The lowest BCUT2D eigenvalue weighted by Crippen LogP contribution is -2.27. The number of amides is 1. The Morgan fingerprint density at radius 1 is 1.48 bits per heavy atom. The zero-order chi connectivity index (χ0) is 15.2. The van der Waals surface area contributed by atoms with E-state index < -0.39 is 0 Å². The molecule has 0 aliphatic rings. The number of carbonyl (C=O) groups is 1. The molecule has 0 spiro atoms. The van der Waals surface area contributed by atoms with E-state index in [9.17, 15) is 4.79 Å². The van der Waals surface area contributed by atoms with Crippen LogP contribution in [0.25, 0.3) is 0 Å². The Labute approximate surface area is 129 Å². The zero-order valence-electron chi connectivity index (χ0n) is 12.8. The number of aromatic nitrogens is 3. The first-order valence-corrected chi connectivity index (χ1v) is 8.11. The van der Waals surface area contributed by atoms with Crippen molar-refractivity contribution in [2.45, 2.75) is 46.1 Å². The van der Waals surface area contributed by atoms with E-state index in [1.54, 1.807) is 17.5 Å². The number of carbonyl (C=O) groups excluding carboxylic acids is 1. The van der Waals surface area contributed by atoms with Gasteiger partial charge in [-0.1, -0.05) is 0 Å². The molecule has 21 heavy (non-hydrogen) atoms. The van der Waals surface area contributed by atoms with Gasteiger partial charge in [0.2, 0.25) is 5.91 Å². The molecule has 1 N–H and O–H groups in total. The third kappa shape index (κ3) is 4.67. The summed E-state index contributed by atoms with van der Waals surface area (Å²) in [5.41, 5.74) is 1.07. The maximum atomic E-state index is 11.9. The summed E-state index contributed by atoms with van der Waals surface area (Å²) in [4.78, 5) is 20.5. The van der Waals surface area contributed by atoms with Crippen LogP contribution in [-0.2, 0) is 11.2 Å². The molecule has 2 rings (SSSR count). The van der Waals surface area contributed by atoms with Gasteiger partial charge in [0.05, 0.1) is 5.01 Å². The molecule has 1 amide bonds. The van der Waals surface area contributed by atoms with Crippen LogP contribution in [0, 0.1) is 13.8 Å². The van der Waals surface area contributed by atoms with Crippen LogP contribution >= 0.6 is 11.3 Å². The average molecular weight is 306 g/mol. The Hall–Kier alpha value is -1.69. The summed E-state index contributed by atoms with van der Waals surface area (Å²) in [5, 5.41) is 6.18. The average Bonchev–Trinajstić information content (AvgIpc) is 3.03. The molecule has 2 aromatic rings. The Kier molecular flexibility index (Phi) is 5.50. The maximum absolute atomic E-state index is 11.9. The van der Waals surface area contributed by atoms with Crippen molar-refractivity contribution in [2.75, 3.05) is 6.54 Å². The fraction of sp³-hybridized carbons (Fsp3) is 0.533. The van der Waals surface area contributed by atoms with Crippen LogP contribution in [0.15, 0.2) is 17.8 Å². The topological polar surface area (TPSA) is 59.8 Å². The summed E-state index contributed by atoms with van der Waals surface area (Å²) in [6.45, 7) is 6.69. The summed E-state index contributed by atoms with van der Waals surface area (Å²) in [6, 6.07) is 0.133. The Balaban J connectivity index is 1.67. The Bertz CT molecular complexity index is 590. The van der Waals surface area contributed by atoms with Crippen molar-refractivity contribution in [3.05, 3.63) is 34.3 Å². The molecule has 2 heterocycles. The van der Waals surface area contributed by atoms with Crippen LogP contribution in [-0.4, -0.2) is 27.0 Å². The number of nitrogens with one attached hydrogen (secondary N) is 1. The van der Waals surface area contributed by atoms with Gasteiger partial charge in [-0.25, -0.2) is 9.97 Å². The smallest absolute Gasteiger partial charge is 0.222 e. The van der Waals surface area contributed by atoms with Crippen molar-refractivity contribution < 1.29 is 4.79 Å². The van der Waals surface area contributed by atoms with Gasteiger partial charge in [0.1, 0.15) is 5.82 Å². The minimum absolute atomic E-state index is 0.0888. The number of hydrogen-bond donors (Lipinski definition) is 1. The molecule has 114 valence electrons. The molecule has 0 aliphatic carbocycles. The summed E-state index contributed by atoms with van der Waals surface area (Å²) >= 11 is 1.68. The fourth-order valence-corrected chi connectivity index (χ4v) is 3.10. The lowest BCUT2D eigenvalue weighted by molar-refractivity contribution is -0.121. The first-order chi connectivity index (χ1) is 10.1. The SMILES string of the molecule is Cc1csc(CCCNC(=O)C[C@@H](C)n2ccnc2C)n1. The van der Waals surface area contributed by atoms with Crippen LogP contribution in [0.5, 0.6) is 0 Å². The van der Waals surface area contributed by atoms with Gasteiger partial charge >= 0.3 is 0 Å². The number of thiazole rings is 1. The molecule has 0 saturated heterocycles. The van der Waals surface area contributed by atoms with Crippen molar-refractivity contribution in [1.29, 1.82) is 0 Å². The van der Waals surface area contributed by atoms with E-state index in [2.05, 4.69) is 20.7 Å². The lowest BCUT2D eigenvalue weighted by Gasteiger charge is -2.14. The van der Waals surface area contributed by atoms with Gasteiger partial charge in [-0.15, -0.1) is 11.3 Å². The molecule has 0 radical (unpaired) electrons. The fourth-order valence-electron chi connectivity index (χ4n) is 2.28. The largest absolute Gasteiger partial charge is 0.356 e. The highest BCUT2D eigenvalue weighted by molar-refractivity contribution is 7.09. The molecule has 0 unspecified atom stereocenters. The van der Waals surface area contributed by atoms with E-state index in [4.69, 9.17) is 0 Å². The van der Waals surface area contributed by atoms with E-state index in [1.807, 2.05) is 31.5 Å². The third-order valence-corrected chi connectivity index (χ3v) is 4.40. The molecule has 0 saturated carbocycles. The Morgan fingerprint density at radius 2 is 2.29 bits per heavy atom. The molecule has 1 atom stereocenters. The van der Waals surface area contributed by atoms with Crippen molar-refractivity contribution >= 4 is 17.2 Å². The summed E-state index contributed by atoms with van der Waals surface area (Å²) in [7, 11) is 0. The predicted octanol–water partition coefficient (Wildman–Crippen LogP) is 2.66. The number of rotatable bonds is 7. The van der Waals surface area contributed by atoms with Gasteiger partial charge in [0.15, 0.2) is 0 Å². The highest BCUT2D eigenvalue weighted by atomic mass is 32.1. The second kappa shape index (κ2) is 7.36. The van der Waals surface area contributed by atoms with Crippen molar-refractivity contribution in [3.8, 4) is 0 Å². The van der Waals surface area contributed by atoms with Gasteiger partial charge in [0.25, 0.3) is 0 Å². The van der Waals surface area contributed by atoms with E-state index >= 15 is 0 Å². The standard InChI is InChI=1S/C15H22N4OS/c1-11-10-21-15(18-11)5-4-6-17-14(20)9-12(2)19-8-7-16-13(19)3/h7-8,10,12H,4-6,9H2,1-3H3,(H,17,20)/t12-/m1/s1. The van der Waals surface area contributed by atoms with Crippen LogP contribution in [0.2, 0.25) is 0 Å². The zero-order valence-corrected chi connectivity index (χ0v) is 13.6. The molecule has 0 fully saturated rings. The van der Waals surface area contributed by atoms with E-state index in [0.29, 0.717) is 13.0 Å². The normalized spacial score (nSPS) is 12.3. The predicted molar refractivity (Wildman–Crippen MR) is 84.5 cm³/mol. The van der Waals surface area contributed by atoms with Crippen LogP contribution < -0.4 is 5.32 Å². The molecule has 2 aromatic heterocycles. The lowest BCUT2D eigenvalue weighted by atomic mass is 10.2. The minimum Gasteiger partial charge on any atom is -0.356 e. The van der Waals surface area contributed by atoms with Gasteiger partial charge in [-0.2, -0.15) is 0 Å². The third-order valence-electron chi connectivity index (χ3n) is 3.37. The second-order valence-corrected chi connectivity index (χ2v) is 6.21. The monoisotopic (exact) mass is 306 g/mol.